The minimum absolute atomic E-state index is 0.148. The number of aryl methyl sites for hydroxylation is 1. The van der Waals surface area contributed by atoms with E-state index < -0.39 is 0 Å². The molecule has 0 spiro atoms. The van der Waals surface area contributed by atoms with Gasteiger partial charge in [0.2, 0.25) is 5.91 Å². The lowest BCUT2D eigenvalue weighted by Gasteiger charge is -2.54. The minimum Gasteiger partial charge on any atom is -0.352 e. The normalized spacial score (nSPS) is 29.9. The fraction of sp³-hybridized carbons (Fsp3) is 0.609. The minimum atomic E-state index is 0.148. The highest BCUT2D eigenvalue weighted by Gasteiger charge is 2.48. The molecule has 0 saturated heterocycles. The largest absolute Gasteiger partial charge is 0.352 e. The highest BCUT2D eigenvalue weighted by Crippen LogP contribution is 2.53. The molecule has 29 heavy (non-hydrogen) atoms. The molecular formula is C23H30N4OS. The van der Waals surface area contributed by atoms with Crippen molar-refractivity contribution in [3.8, 4) is 11.4 Å². The summed E-state index contributed by atoms with van der Waals surface area (Å²) in [5.41, 5.74) is 2.28. The Hall–Kier alpha value is -1.82. The third-order valence-corrected chi connectivity index (χ3v) is 8.16. The lowest BCUT2D eigenvalue weighted by atomic mass is 9.54. The summed E-state index contributed by atoms with van der Waals surface area (Å²) in [7, 11) is 0. The van der Waals surface area contributed by atoms with Gasteiger partial charge in [-0.3, -0.25) is 4.79 Å². The van der Waals surface area contributed by atoms with Gasteiger partial charge < -0.3 is 9.88 Å². The number of rotatable bonds is 6. The van der Waals surface area contributed by atoms with Crippen LogP contribution >= 0.6 is 11.8 Å². The van der Waals surface area contributed by atoms with E-state index in [1.165, 1.54) is 49.4 Å². The molecule has 6 rings (SSSR count). The van der Waals surface area contributed by atoms with E-state index in [9.17, 15) is 4.79 Å². The quantitative estimate of drug-likeness (QED) is 0.721. The SMILES string of the molecule is CCn1c(SCC(=O)NC2C3CC4CC(C3)CC2C4)nnc1-c1cccc(C)c1. The highest BCUT2D eigenvalue weighted by atomic mass is 32.2. The van der Waals surface area contributed by atoms with Gasteiger partial charge in [0.05, 0.1) is 5.75 Å². The van der Waals surface area contributed by atoms with E-state index in [-0.39, 0.29) is 5.91 Å². The van der Waals surface area contributed by atoms with E-state index in [4.69, 9.17) is 0 Å². The fourth-order valence-electron chi connectivity index (χ4n) is 6.20. The van der Waals surface area contributed by atoms with Crippen LogP contribution in [-0.2, 0) is 11.3 Å². The number of nitrogens with zero attached hydrogens (tertiary/aromatic N) is 3. The number of carbonyl (C=O) groups is 1. The van der Waals surface area contributed by atoms with Crippen molar-refractivity contribution in [2.45, 2.75) is 63.7 Å². The molecule has 6 heteroatoms. The van der Waals surface area contributed by atoms with E-state index in [2.05, 4.69) is 52.1 Å². The van der Waals surface area contributed by atoms with Crippen molar-refractivity contribution in [2.24, 2.45) is 23.7 Å². The summed E-state index contributed by atoms with van der Waals surface area (Å²) < 4.78 is 2.11. The summed E-state index contributed by atoms with van der Waals surface area (Å²) >= 11 is 1.50. The second kappa shape index (κ2) is 7.78. The number of amides is 1. The van der Waals surface area contributed by atoms with Gasteiger partial charge in [0.25, 0.3) is 0 Å². The third-order valence-electron chi connectivity index (χ3n) is 7.20. The van der Waals surface area contributed by atoms with Crippen molar-refractivity contribution in [3.63, 3.8) is 0 Å². The Labute approximate surface area is 177 Å². The van der Waals surface area contributed by atoms with Gasteiger partial charge in [-0.2, -0.15) is 0 Å². The van der Waals surface area contributed by atoms with Gasteiger partial charge in [-0.05, 0) is 75.7 Å². The molecule has 4 saturated carbocycles. The van der Waals surface area contributed by atoms with Crippen LogP contribution in [0.15, 0.2) is 29.4 Å². The lowest BCUT2D eigenvalue weighted by molar-refractivity contribution is -0.122. The van der Waals surface area contributed by atoms with Crippen LogP contribution < -0.4 is 5.32 Å². The van der Waals surface area contributed by atoms with Crippen LogP contribution in [0, 0.1) is 30.6 Å². The number of benzene rings is 1. The average Bonchev–Trinajstić information content (AvgIpc) is 3.11. The van der Waals surface area contributed by atoms with Crippen LogP contribution in [0.5, 0.6) is 0 Å². The van der Waals surface area contributed by atoms with Crippen LogP contribution in [0.4, 0.5) is 0 Å². The molecule has 4 fully saturated rings. The molecule has 4 aliphatic rings. The maximum atomic E-state index is 12.7. The summed E-state index contributed by atoms with van der Waals surface area (Å²) in [5, 5.41) is 13.0. The maximum absolute atomic E-state index is 12.7. The van der Waals surface area contributed by atoms with Crippen LogP contribution in [0.2, 0.25) is 0 Å². The first kappa shape index (κ1) is 19.2. The van der Waals surface area contributed by atoms with Crippen molar-refractivity contribution in [3.05, 3.63) is 29.8 Å². The number of aromatic nitrogens is 3. The first-order valence-electron chi connectivity index (χ1n) is 11.0. The number of thioether (sulfide) groups is 1. The van der Waals surface area contributed by atoms with Crippen LogP contribution in [0.3, 0.4) is 0 Å². The van der Waals surface area contributed by atoms with Crippen molar-refractivity contribution in [1.29, 1.82) is 0 Å². The Balaban J connectivity index is 1.23. The Morgan fingerprint density at radius 1 is 1.14 bits per heavy atom. The van der Waals surface area contributed by atoms with Crippen LogP contribution in [0.25, 0.3) is 11.4 Å². The van der Waals surface area contributed by atoms with Crippen molar-refractivity contribution >= 4 is 17.7 Å². The molecule has 4 aliphatic carbocycles. The summed E-state index contributed by atoms with van der Waals surface area (Å²) in [5.74, 6) is 4.73. The zero-order chi connectivity index (χ0) is 20.0. The Kier molecular flexibility index (Phi) is 5.14. The first-order chi connectivity index (χ1) is 14.1. The summed E-state index contributed by atoms with van der Waals surface area (Å²) in [4.78, 5) is 12.7. The topological polar surface area (TPSA) is 59.8 Å². The smallest absolute Gasteiger partial charge is 0.230 e. The number of hydrogen-bond donors (Lipinski definition) is 1. The van der Waals surface area contributed by atoms with Crippen molar-refractivity contribution in [1.82, 2.24) is 20.1 Å². The molecule has 0 aliphatic heterocycles. The zero-order valence-corrected chi connectivity index (χ0v) is 18.1. The molecule has 0 unspecified atom stereocenters. The van der Waals surface area contributed by atoms with Gasteiger partial charge in [-0.1, -0.05) is 35.5 Å². The summed E-state index contributed by atoms with van der Waals surface area (Å²) in [6.07, 6.45) is 6.76. The number of nitrogens with one attached hydrogen (secondary N) is 1. The van der Waals surface area contributed by atoms with Crippen LogP contribution in [-0.4, -0.2) is 32.5 Å². The molecule has 1 aromatic heterocycles. The predicted molar refractivity (Wildman–Crippen MR) is 116 cm³/mol. The molecule has 1 N–H and O–H groups in total. The van der Waals surface area contributed by atoms with E-state index in [0.29, 0.717) is 23.6 Å². The van der Waals surface area contributed by atoms with E-state index in [1.807, 2.05) is 6.07 Å². The predicted octanol–water partition coefficient (Wildman–Crippen LogP) is 4.31. The Morgan fingerprint density at radius 3 is 2.52 bits per heavy atom. The molecule has 1 amide bonds. The average molecular weight is 411 g/mol. The second-order valence-corrected chi connectivity index (χ2v) is 10.2. The molecule has 0 radical (unpaired) electrons. The lowest BCUT2D eigenvalue weighted by Crippen LogP contribution is -2.56. The standard InChI is InChI=1S/C23H30N4OS/c1-3-27-22(17-6-4-5-14(2)7-17)25-26-23(27)29-13-20(28)24-21-18-9-15-8-16(11-18)12-19(21)10-15/h4-7,15-16,18-19,21H,3,8-13H2,1-2H3,(H,24,28). The van der Waals surface area contributed by atoms with Gasteiger partial charge in [-0.15, -0.1) is 10.2 Å². The molecule has 154 valence electrons. The maximum Gasteiger partial charge on any atom is 0.230 e. The first-order valence-corrected chi connectivity index (χ1v) is 12.0. The van der Waals surface area contributed by atoms with Gasteiger partial charge >= 0.3 is 0 Å². The molecule has 0 atom stereocenters. The van der Waals surface area contributed by atoms with Gasteiger partial charge in [0.1, 0.15) is 0 Å². The fourth-order valence-corrected chi connectivity index (χ4v) is 7.01. The monoisotopic (exact) mass is 410 g/mol. The van der Waals surface area contributed by atoms with Gasteiger partial charge in [0, 0.05) is 18.2 Å². The molecule has 2 aromatic rings. The zero-order valence-electron chi connectivity index (χ0n) is 17.3. The second-order valence-electron chi connectivity index (χ2n) is 9.23. The van der Waals surface area contributed by atoms with Crippen molar-refractivity contribution in [2.75, 3.05) is 5.75 Å². The Bertz CT molecular complexity index is 880. The van der Waals surface area contributed by atoms with E-state index >= 15 is 0 Å². The van der Waals surface area contributed by atoms with Gasteiger partial charge in [-0.25, -0.2) is 0 Å². The number of carbonyl (C=O) groups excluding carboxylic acids is 1. The molecule has 1 heterocycles. The van der Waals surface area contributed by atoms with E-state index in [0.717, 1.165) is 34.9 Å². The number of hydrogen-bond acceptors (Lipinski definition) is 4. The molecule has 5 nitrogen and oxygen atoms in total. The summed E-state index contributed by atoms with van der Waals surface area (Å²) in [6, 6.07) is 8.73. The van der Waals surface area contributed by atoms with Gasteiger partial charge in [0.15, 0.2) is 11.0 Å². The Morgan fingerprint density at radius 2 is 1.86 bits per heavy atom. The van der Waals surface area contributed by atoms with E-state index in [1.54, 1.807) is 0 Å². The summed E-state index contributed by atoms with van der Waals surface area (Å²) in [6.45, 7) is 4.97. The highest BCUT2D eigenvalue weighted by molar-refractivity contribution is 7.99. The van der Waals surface area contributed by atoms with Crippen LogP contribution in [0.1, 0.15) is 44.6 Å². The molecule has 1 aromatic carbocycles. The van der Waals surface area contributed by atoms with Crippen molar-refractivity contribution < 1.29 is 4.79 Å². The molecule has 4 bridgehead atoms. The third kappa shape index (κ3) is 3.72. The molecular weight excluding hydrogens is 380 g/mol.